The van der Waals surface area contributed by atoms with Crippen LogP contribution in [0.1, 0.15) is 0 Å². The molecular formula is C11H13Cl2N3O2S. The third-order valence-corrected chi connectivity index (χ3v) is 4.66. The Morgan fingerprint density at radius 1 is 1.42 bits per heavy atom. The first-order chi connectivity index (χ1) is 9.02. The molecule has 3 N–H and O–H groups in total. The summed E-state index contributed by atoms with van der Waals surface area (Å²) in [6.07, 6.45) is 0. The molecule has 104 valence electrons. The molecule has 0 saturated carbocycles. The largest absolute Gasteiger partial charge is 0.507 e. The highest BCUT2D eigenvalue weighted by Gasteiger charge is 2.28. The lowest BCUT2D eigenvalue weighted by molar-refractivity contribution is -0.126. The maximum absolute atomic E-state index is 11.7. The molecule has 8 heteroatoms. The van der Waals surface area contributed by atoms with Crippen molar-refractivity contribution in [2.24, 2.45) is 5.73 Å². The van der Waals surface area contributed by atoms with Gasteiger partial charge in [-0.05, 0) is 24.1 Å². The number of hydrogen-bond acceptors (Lipinski definition) is 5. The Bertz CT molecular complexity index is 501. The fraction of sp³-hybridized carbons (Fsp3) is 0.364. The molecule has 1 aliphatic rings. The van der Waals surface area contributed by atoms with Crippen LogP contribution in [-0.2, 0) is 4.79 Å². The predicted molar refractivity (Wildman–Crippen MR) is 76.3 cm³/mol. The van der Waals surface area contributed by atoms with Crippen LogP contribution in [0.15, 0.2) is 17.0 Å². The lowest BCUT2D eigenvalue weighted by Crippen LogP contribution is -2.31. The first-order valence-corrected chi connectivity index (χ1v) is 7.13. The normalized spacial score (nSPS) is 16.4. The summed E-state index contributed by atoms with van der Waals surface area (Å²) in [5, 5.41) is 10.5. The molecule has 1 aromatic carbocycles. The third-order valence-electron chi connectivity index (χ3n) is 2.64. The number of phenolic OH excluding ortho intramolecular Hbond substituents is 1. The van der Waals surface area contributed by atoms with E-state index in [1.165, 1.54) is 24.1 Å². The van der Waals surface area contributed by atoms with Gasteiger partial charge in [-0.3, -0.25) is 4.79 Å². The number of rotatable bonds is 4. The Morgan fingerprint density at radius 3 is 2.84 bits per heavy atom. The minimum absolute atomic E-state index is 0.00981. The number of nitrogens with zero attached hydrogens (tertiary/aromatic N) is 2. The van der Waals surface area contributed by atoms with Gasteiger partial charge in [0.15, 0.2) is 0 Å². The van der Waals surface area contributed by atoms with Gasteiger partial charge in [0.2, 0.25) is 5.91 Å². The number of carbonyl (C=O) groups excluding carboxylic acids is 1. The number of carbonyl (C=O) groups is 1. The van der Waals surface area contributed by atoms with Crippen LogP contribution in [0.2, 0.25) is 10.0 Å². The van der Waals surface area contributed by atoms with E-state index in [1.807, 2.05) is 0 Å². The zero-order valence-electron chi connectivity index (χ0n) is 9.97. The van der Waals surface area contributed by atoms with Crippen LogP contribution in [-0.4, -0.2) is 46.5 Å². The van der Waals surface area contributed by atoms with Crippen molar-refractivity contribution in [1.82, 2.24) is 9.21 Å². The van der Waals surface area contributed by atoms with Gasteiger partial charge in [-0.1, -0.05) is 23.2 Å². The molecule has 19 heavy (non-hydrogen) atoms. The first kappa shape index (κ1) is 14.7. The summed E-state index contributed by atoms with van der Waals surface area (Å²) in [5.41, 5.74) is 5.44. The molecule has 1 fully saturated rings. The minimum Gasteiger partial charge on any atom is -0.507 e. The fourth-order valence-electron chi connectivity index (χ4n) is 1.72. The summed E-state index contributed by atoms with van der Waals surface area (Å²) in [7, 11) is 0. The van der Waals surface area contributed by atoms with E-state index in [4.69, 9.17) is 28.9 Å². The second-order valence-corrected chi connectivity index (χ2v) is 5.92. The standard InChI is InChI=1S/C11H13Cl2N3O2S/c12-7-1-2-8(17)11(10(7)13)19-16-5-9(18)15(6-16)4-3-14/h1-2,17H,3-6,14H2. The SMILES string of the molecule is NCCN1CN(Sc2c(O)ccc(Cl)c2Cl)CC1=O. The van der Waals surface area contributed by atoms with Gasteiger partial charge in [0.05, 0.1) is 28.2 Å². The topological polar surface area (TPSA) is 69.8 Å². The summed E-state index contributed by atoms with van der Waals surface area (Å²) in [6.45, 7) is 1.65. The first-order valence-electron chi connectivity index (χ1n) is 5.60. The van der Waals surface area contributed by atoms with E-state index < -0.39 is 0 Å². The van der Waals surface area contributed by atoms with Gasteiger partial charge >= 0.3 is 0 Å². The lowest BCUT2D eigenvalue weighted by atomic mass is 10.3. The lowest BCUT2D eigenvalue weighted by Gasteiger charge is -2.17. The van der Waals surface area contributed by atoms with Crippen LogP contribution in [0.5, 0.6) is 5.75 Å². The number of phenols is 1. The van der Waals surface area contributed by atoms with E-state index in [-0.39, 0.29) is 23.2 Å². The number of benzene rings is 1. The van der Waals surface area contributed by atoms with E-state index in [1.54, 1.807) is 9.21 Å². The van der Waals surface area contributed by atoms with Crippen molar-refractivity contribution in [2.75, 3.05) is 26.3 Å². The molecule has 0 aliphatic carbocycles. The van der Waals surface area contributed by atoms with E-state index >= 15 is 0 Å². The second-order valence-electron chi connectivity index (χ2n) is 4.03. The fourth-order valence-corrected chi connectivity index (χ4v) is 3.18. The van der Waals surface area contributed by atoms with Crippen molar-refractivity contribution in [3.05, 3.63) is 22.2 Å². The molecule has 1 saturated heterocycles. The second kappa shape index (κ2) is 6.19. The van der Waals surface area contributed by atoms with E-state index in [0.717, 1.165) is 0 Å². The molecule has 0 aromatic heterocycles. The number of hydrogen-bond donors (Lipinski definition) is 2. The number of nitrogens with two attached hydrogens (primary N) is 1. The average Bonchev–Trinajstić information content (AvgIpc) is 2.71. The van der Waals surface area contributed by atoms with Crippen LogP contribution in [0.25, 0.3) is 0 Å². The van der Waals surface area contributed by atoms with Crippen molar-refractivity contribution < 1.29 is 9.90 Å². The predicted octanol–water partition coefficient (Wildman–Crippen LogP) is 1.77. The Labute approximate surface area is 125 Å². The molecule has 0 radical (unpaired) electrons. The van der Waals surface area contributed by atoms with Gasteiger partial charge in [-0.15, -0.1) is 0 Å². The van der Waals surface area contributed by atoms with Gasteiger partial charge in [0.25, 0.3) is 0 Å². The van der Waals surface area contributed by atoms with Gasteiger partial charge in [-0.2, -0.15) is 0 Å². The van der Waals surface area contributed by atoms with Crippen molar-refractivity contribution in [2.45, 2.75) is 4.90 Å². The van der Waals surface area contributed by atoms with Crippen LogP contribution in [0, 0.1) is 0 Å². The van der Waals surface area contributed by atoms with Crippen molar-refractivity contribution >= 4 is 41.1 Å². The van der Waals surface area contributed by atoms with Crippen LogP contribution >= 0.6 is 35.1 Å². The van der Waals surface area contributed by atoms with Gasteiger partial charge in [-0.25, -0.2) is 4.31 Å². The number of amides is 1. The third kappa shape index (κ3) is 3.27. The van der Waals surface area contributed by atoms with E-state index in [0.29, 0.717) is 29.7 Å². The molecule has 1 aromatic rings. The molecule has 1 amide bonds. The van der Waals surface area contributed by atoms with Crippen molar-refractivity contribution in [3.8, 4) is 5.75 Å². The molecule has 5 nitrogen and oxygen atoms in total. The summed E-state index contributed by atoms with van der Waals surface area (Å²) in [5.74, 6) is 0.0553. The van der Waals surface area contributed by atoms with Crippen LogP contribution in [0.3, 0.4) is 0 Å². The maximum Gasteiger partial charge on any atom is 0.238 e. The zero-order chi connectivity index (χ0) is 14.0. The molecule has 0 spiro atoms. The Hall–Kier alpha value is -0.660. The van der Waals surface area contributed by atoms with Crippen LogP contribution in [0.4, 0.5) is 0 Å². The Morgan fingerprint density at radius 2 is 2.16 bits per heavy atom. The Balaban J connectivity index is 2.11. The monoisotopic (exact) mass is 321 g/mol. The Kier molecular flexibility index (Phi) is 4.81. The zero-order valence-corrected chi connectivity index (χ0v) is 12.3. The molecule has 0 unspecified atom stereocenters. The highest BCUT2D eigenvalue weighted by atomic mass is 35.5. The molecule has 2 rings (SSSR count). The average molecular weight is 322 g/mol. The van der Waals surface area contributed by atoms with Gasteiger partial charge < -0.3 is 15.7 Å². The van der Waals surface area contributed by atoms with E-state index in [2.05, 4.69) is 0 Å². The van der Waals surface area contributed by atoms with Crippen molar-refractivity contribution in [3.63, 3.8) is 0 Å². The highest BCUT2D eigenvalue weighted by Crippen LogP contribution is 2.41. The number of aromatic hydroxyl groups is 1. The highest BCUT2D eigenvalue weighted by molar-refractivity contribution is 7.97. The molecular weight excluding hydrogens is 309 g/mol. The summed E-state index contributed by atoms with van der Waals surface area (Å²) >= 11 is 13.2. The number of halogens is 2. The van der Waals surface area contributed by atoms with Gasteiger partial charge in [0.1, 0.15) is 5.75 Å². The summed E-state index contributed by atoms with van der Waals surface area (Å²) < 4.78 is 1.80. The maximum atomic E-state index is 11.7. The van der Waals surface area contributed by atoms with Crippen molar-refractivity contribution in [1.29, 1.82) is 0 Å². The van der Waals surface area contributed by atoms with E-state index in [9.17, 15) is 9.90 Å². The smallest absolute Gasteiger partial charge is 0.238 e. The molecule has 1 heterocycles. The molecule has 0 atom stereocenters. The molecule has 0 bridgehead atoms. The van der Waals surface area contributed by atoms with Gasteiger partial charge in [0, 0.05) is 13.1 Å². The summed E-state index contributed by atoms with van der Waals surface area (Å²) in [6, 6.07) is 3.01. The minimum atomic E-state index is 0.00981. The molecule has 1 aliphatic heterocycles. The quantitative estimate of drug-likeness (QED) is 0.827. The van der Waals surface area contributed by atoms with Crippen LogP contribution < -0.4 is 5.73 Å². The summed E-state index contributed by atoms with van der Waals surface area (Å²) in [4.78, 5) is 13.8.